The number of fused-ring (bicyclic) bond motifs is 1. The van der Waals surface area contributed by atoms with Crippen molar-refractivity contribution >= 4 is 35.3 Å². The molecule has 3 fully saturated rings. The van der Waals surface area contributed by atoms with Gasteiger partial charge in [-0.3, -0.25) is 33.8 Å². The molecule has 258 valence electrons. The van der Waals surface area contributed by atoms with Gasteiger partial charge >= 0.3 is 0 Å². The van der Waals surface area contributed by atoms with Gasteiger partial charge in [0.05, 0.1) is 18.3 Å². The van der Waals surface area contributed by atoms with Crippen LogP contribution < -0.4 is 21.3 Å². The van der Waals surface area contributed by atoms with Gasteiger partial charge in [0.1, 0.15) is 23.8 Å². The van der Waals surface area contributed by atoms with Crippen LogP contribution in [-0.4, -0.2) is 100 Å². The van der Waals surface area contributed by atoms with E-state index in [0.717, 1.165) is 32.1 Å². The summed E-state index contributed by atoms with van der Waals surface area (Å²) in [6, 6.07) is -4.10. The van der Waals surface area contributed by atoms with Crippen LogP contribution in [0.15, 0.2) is 18.6 Å². The van der Waals surface area contributed by atoms with Gasteiger partial charge in [0.25, 0.3) is 11.8 Å². The van der Waals surface area contributed by atoms with Gasteiger partial charge in [0.2, 0.25) is 23.5 Å². The first-order chi connectivity index (χ1) is 22.3. The standard InChI is InChI=1S/C33H49N7O7/c1-7-9-22(26(41)31(45)36-20-12-13-20)37-30(44)25-21-11-8-10-19(21)17-40(25)32(46)27(33(3,4)5)39-29(43)24(18(2)47-6)38-28(42)23-16-34-14-15-35-23/h14-16,18-22,24-25,27H,7-13,17H2,1-6H3,(H,36,45)(H,37,44)(H,38,42)(H,39,43)/t18-,19?,21?,22?,24-,25-,27+/m0/s1. The van der Waals surface area contributed by atoms with E-state index < -0.39 is 71.0 Å². The van der Waals surface area contributed by atoms with Crippen molar-refractivity contribution in [1.82, 2.24) is 36.1 Å². The monoisotopic (exact) mass is 655 g/mol. The van der Waals surface area contributed by atoms with Crippen LogP contribution in [0.3, 0.4) is 0 Å². The summed E-state index contributed by atoms with van der Waals surface area (Å²) in [7, 11) is 1.41. The number of likely N-dealkylation sites (tertiary alicyclic amines) is 1. The fourth-order valence-electron chi connectivity index (χ4n) is 6.54. The zero-order chi connectivity index (χ0) is 34.5. The molecule has 47 heavy (non-hydrogen) atoms. The lowest BCUT2D eigenvalue weighted by molar-refractivity contribution is -0.146. The number of ether oxygens (including phenoxy) is 1. The van der Waals surface area contributed by atoms with Gasteiger partial charge in [0, 0.05) is 32.1 Å². The van der Waals surface area contributed by atoms with Crippen LogP contribution in [0.4, 0.5) is 0 Å². The second kappa shape index (κ2) is 15.3. The van der Waals surface area contributed by atoms with Crippen LogP contribution in [0.5, 0.6) is 0 Å². The Labute approximate surface area is 275 Å². The first kappa shape index (κ1) is 35.9. The van der Waals surface area contributed by atoms with E-state index in [1.165, 1.54) is 30.6 Å². The van der Waals surface area contributed by atoms with Crippen LogP contribution in [0.25, 0.3) is 0 Å². The fraction of sp³-hybridized carbons (Fsp3) is 0.697. The Morgan fingerprint density at radius 2 is 1.74 bits per heavy atom. The van der Waals surface area contributed by atoms with Crippen LogP contribution >= 0.6 is 0 Å². The van der Waals surface area contributed by atoms with Crippen LogP contribution in [0.1, 0.15) is 90.1 Å². The molecule has 2 heterocycles. The van der Waals surface area contributed by atoms with Crippen molar-refractivity contribution in [1.29, 1.82) is 0 Å². The number of hydrogen-bond donors (Lipinski definition) is 4. The number of nitrogens with one attached hydrogen (secondary N) is 4. The molecule has 1 aromatic heterocycles. The first-order valence-corrected chi connectivity index (χ1v) is 16.6. The van der Waals surface area contributed by atoms with E-state index in [4.69, 9.17) is 4.74 Å². The number of aromatic nitrogens is 2. The largest absolute Gasteiger partial charge is 0.379 e. The number of nitrogens with zero attached hydrogens (tertiary/aromatic N) is 3. The highest BCUT2D eigenvalue weighted by atomic mass is 16.5. The Kier molecular flexibility index (Phi) is 11.7. The normalized spacial score (nSPS) is 23.1. The van der Waals surface area contributed by atoms with E-state index in [2.05, 4.69) is 31.2 Å². The highest BCUT2D eigenvalue weighted by Gasteiger charge is 2.52. The van der Waals surface area contributed by atoms with Crippen molar-refractivity contribution in [3.63, 3.8) is 0 Å². The van der Waals surface area contributed by atoms with Crippen molar-refractivity contribution in [3.8, 4) is 0 Å². The summed E-state index contributed by atoms with van der Waals surface area (Å²) in [6.07, 6.45) is 8.33. The van der Waals surface area contributed by atoms with Crippen molar-refractivity contribution in [3.05, 3.63) is 24.3 Å². The van der Waals surface area contributed by atoms with E-state index >= 15 is 0 Å². The van der Waals surface area contributed by atoms with E-state index in [0.29, 0.717) is 13.0 Å². The number of hydrogen-bond acceptors (Lipinski definition) is 9. The van der Waals surface area contributed by atoms with Gasteiger partial charge in [-0.15, -0.1) is 0 Å². The van der Waals surface area contributed by atoms with Crippen molar-refractivity contribution in [2.45, 2.75) is 116 Å². The SMILES string of the molecule is CCCC(NC(=O)[C@@H]1C2CCCC2CN1C(=O)[C@@H](NC(=O)[C@@H](NC(=O)c1cnccn1)[C@H](C)OC)C(C)(C)C)C(=O)C(=O)NC1CC1. The molecule has 2 aliphatic carbocycles. The Morgan fingerprint density at radius 3 is 2.34 bits per heavy atom. The average Bonchev–Trinajstić information content (AvgIpc) is 3.61. The maximum absolute atomic E-state index is 14.4. The van der Waals surface area contributed by atoms with E-state index in [1.54, 1.807) is 6.92 Å². The number of Topliss-reactive ketones (excluding diaryl/α,β-unsaturated/α-hetero) is 1. The number of carbonyl (C=O) groups excluding carboxylic acids is 6. The summed E-state index contributed by atoms with van der Waals surface area (Å²) >= 11 is 0. The predicted octanol–water partition coefficient (Wildman–Crippen LogP) is 0.901. The highest BCUT2D eigenvalue weighted by Crippen LogP contribution is 2.43. The molecule has 14 heteroatoms. The quantitative estimate of drug-likeness (QED) is 0.211. The molecule has 0 aromatic carbocycles. The Balaban J connectivity index is 1.55. The molecular formula is C33H49N7O7. The third kappa shape index (κ3) is 8.70. The molecule has 14 nitrogen and oxygen atoms in total. The topological polar surface area (TPSA) is 189 Å². The van der Waals surface area contributed by atoms with Gasteiger partial charge in [-0.25, -0.2) is 4.98 Å². The highest BCUT2D eigenvalue weighted by molar-refractivity contribution is 6.38. The molecule has 3 unspecified atom stereocenters. The summed E-state index contributed by atoms with van der Waals surface area (Å²) in [5.41, 5.74) is -0.776. The van der Waals surface area contributed by atoms with Crippen molar-refractivity contribution < 1.29 is 33.5 Å². The minimum Gasteiger partial charge on any atom is -0.379 e. The fourth-order valence-corrected chi connectivity index (χ4v) is 6.54. The third-order valence-electron chi connectivity index (χ3n) is 9.39. The zero-order valence-electron chi connectivity index (χ0n) is 28.2. The van der Waals surface area contributed by atoms with Gasteiger partial charge in [-0.2, -0.15) is 0 Å². The van der Waals surface area contributed by atoms with E-state index in [1.807, 2.05) is 27.7 Å². The molecular weight excluding hydrogens is 606 g/mol. The lowest BCUT2D eigenvalue weighted by atomic mass is 9.85. The Bertz CT molecular complexity index is 1330. The summed E-state index contributed by atoms with van der Waals surface area (Å²) in [6.45, 7) is 9.25. The molecule has 1 aliphatic heterocycles. The maximum atomic E-state index is 14.4. The lowest BCUT2D eigenvalue weighted by Gasteiger charge is -2.37. The van der Waals surface area contributed by atoms with Crippen LogP contribution in [-0.2, 0) is 28.7 Å². The average molecular weight is 656 g/mol. The Hall–Kier alpha value is -3.94. The molecule has 2 saturated carbocycles. The third-order valence-corrected chi connectivity index (χ3v) is 9.39. The van der Waals surface area contributed by atoms with Crippen LogP contribution in [0, 0.1) is 17.3 Å². The summed E-state index contributed by atoms with van der Waals surface area (Å²) in [4.78, 5) is 90.1. The lowest BCUT2D eigenvalue weighted by Crippen LogP contribution is -2.62. The van der Waals surface area contributed by atoms with Crippen molar-refractivity contribution in [2.24, 2.45) is 17.3 Å². The van der Waals surface area contributed by atoms with Gasteiger partial charge < -0.3 is 30.9 Å². The van der Waals surface area contributed by atoms with Crippen LogP contribution in [0.2, 0.25) is 0 Å². The number of rotatable bonds is 14. The molecule has 5 amide bonds. The summed E-state index contributed by atoms with van der Waals surface area (Å²) in [5, 5.41) is 11.0. The smallest absolute Gasteiger partial charge is 0.289 e. The van der Waals surface area contributed by atoms with Gasteiger partial charge in [-0.1, -0.05) is 40.5 Å². The van der Waals surface area contributed by atoms with E-state index in [9.17, 15) is 28.8 Å². The maximum Gasteiger partial charge on any atom is 0.289 e. The molecule has 3 aliphatic rings. The number of carbonyl (C=O) groups is 6. The Morgan fingerprint density at radius 1 is 1.02 bits per heavy atom. The molecule has 7 atom stereocenters. The van der Waals surface area contributed by atoms with Gasteiger partial charge in [0.15, 0.2) is 0 Å². The van der Waals surface area contributed by atoms with Gasteiger partial charge in [-0.05, 0) is 56.3 Å². The second-order valence-electron chi connectivity index (χ2n) is 14.0. The number of amides is 5. The number of ketones is 1. The predicted molar refractivity (Wildman–Crippen MR) is 170 cm³/mol. The summed E-state index contributed by atoms with van der Waals surface area (Å²) in [5.74, 6) is -3.59. The number of methoxy groups -OCH3 is 1. The van der Waals surface area contributed by atoms with Crippen molar-refractivity contribution in [2.75, 3.05) is 13.7 Å². The molecule has 4 N–H and O–H groups in total. The molecule has 1 aromatic rings. The molecule has 0 spiro atoms. The first-order valence-electron chi connectivity index (χ1n) is 16.6. The molecule has 0 bridgehead atoms. The van der Waals surface area contributed by atoms with E-state index in [-0.39, 0.29) is 30.0 Å². The zero-order valence-corrected chi connectivity index (χ0v) is 28.2. The minimum absolute atomic E-state index is 0.00275. The second-order valence-corrected chi connectivity index (χ2v) is 14.0. The molecule has 0 radical (unpaired) electrons. The summed E-state index contributed by atoms with van der Waals surface area (Å²) < 4.78 is 5.40. The molecule has 1 saturated heterocycles. The molecule has 4 rings (SSSR count). The minimum atomic E-state index is -1.17.